The molecule has 1 aliphatic rings. The fourth-order valence-corrected chi connectivity index (χ4v) is 5.19. The van der Waals surface area contributed by atoms with E-state index in [1.807, 2.05) is 24.3 Å². The van der Waals surface area contributed by atoms with Crippen LogP contribution >= 0.6 is 0 Å². The third kappa shape index (κ3) is 12.0. The number of carbonyl (C=O) groups excluding carboxylic acids is 5. The molecule has 1 aromatic carbocycles. The van der Waals surface area contributed by atoms with Crippen molar-refractivity contribution >= 4 is 35.5 Å². The number of piperidine rings is 1. The molecule has 1 aliphatic heterocycles. The second kappa shape index (κ2) is 17.4. The molecular weight excluding hydrogens is 602 g/mol. The number of benzene rings is 1. The smallest absolute Gasteiger partial charge is 0.410 e. The predicted octanol–water partition coefficient (Wildman–Crippen LogP) is 4.82. The maximum atomic E-state index is 13.6. The van der Waals surface area contributed by atoms with E-state index in [2.05, 4.69) is 27.3 Å². The summed E-state index contributed by atoms with van der Waals surface area (Å²) >= 11 is 0. The molecule has 2 heterocycles. The number of likely N-dealkylation sites (tertiary alicyclic amines) is 1. The van der Waals surface area contributed by atoms with Crippen molar-refractivity contribution < 1.29 is 33.4 Å². The van der Waals surface area contributed by atoms with Gasteiger partial charge in [-0.1, -0.05) is 37.6 Å². The van der Waals surface area contributed by atoms with Gasteiger partial charge in [-0.25, -0.2) is 9.78 Å². The lowest BCUT2D eigenvalue weighted by Gasteiger charge is -2.33. The van der Waals surface area contributed by atoms with Crippen molar-refractivity contribution in [1.82, 2.24) is 20.1 Å². The normalized spacial score (nSPS) is 14.7. The molecule has 1 aromatic heterocycles. The van der Waals surface area contributed by atoms with Gasteiger partial charge in [0, 0.05) is 51.3 Å². The summed E-state index contributed by atoms with van der Waals surface area (Å²) in [5, 5.41) is 5.67. The number of methoxy groups -OCH3 is 1. The highest BCUT2D eigenvalue weighted by molar-refractivity contribution is 6.03. The van der Waals surface area contributed by atoms with Crippen LogP contribution in [0.25, 0.3) is 11.1 Å². The fourth-order valence-electron chi connectivity index (χ4n) is 5.19. The fraction of sp³-hybridized carbons (Fsp3) is 0.543. The summed E-state index contributed by atoms with van der Waals surface area (Å²) in [5.41, 5.74) is 2.17. The van der Waals surface area contributed by atoms with Crippen LogP contribution in [0.5, 0.6) is 0 Å². The highest BCUT2D eigenvalue weighted by Gasteiger charge is 2.30. The van der Waals surface area contributed by atoms with Crippen molar-refractivity contribution in [2.75, 3.05) is 45.7 Å². The van der Waals surface area contributed by atoms with Crippen LogP contribution in [-0.2, 0) is 30.3 Å². The molecule has 0 radical (unpaired) electrons. The molecule has 1 unspecified atom stereocenters. The number of nitrogens with one attached hydrogen (secondary N) is 2. The SMILES string of the molecule is CCc1cccc(-c2cnc(C(=O)NCCCCCC(=O)OC)c(NC(=O)CN(CC3CCN(C)C(=O)C3)C(=O)OC(C)(C)C)c2)c1. The van der Waals surface area contributed by atoms with Crippen LogP contribution in [0.15, 0.2) is 36.5 Å². The van der Waals surface area contributed by atoms with Crippen molar-refractivity contribution in [2.45, 2.75) is 78.2 Å². The van der Waals surface area contributed by atoms with E-state index < -0.39 is 23.5 Å². The summed E-state index contributed by atoms with van der Waals surface area (Å²) in [6, 6.07) is 9.64. The summed E-state index contributed by atoms with van der Waals surface area (Å²) in [7, 11) is 3.10. The predicted molar refractivity (Wildman–Crippen MR) is 179 cm³/mol. The molecule has 2 N–H and O–H groups in total. The second-order valence-corrected chi connectivity index (χ2v) is 12.9. The molecule has 3 rings (SSSR count). The van der Waals surface area contributed by atoms with Crippen LogP contribution in [0.4, 0.5) is 10.5 Å². The molecule has 4 amide bonds. The van der Waals surface area contributed by atoms with Gasteiger partial charge in [0.15, 0.2) is 5.69 Å². The standard InChI is InChI=1S/C35H49N5O7/c1-7-24-12-11-13-26(18-24)27-20-28(32(37-21-27)33(44)36-16-10-8-9-14-31(43)46-6)38-29(41)23-40(34(45)47-35(2,3)4)22-25-15-17-39(5)30(42)19-25/h11-13,18,20-21,25H,7-10,14-17,19,22-23H2,1-6H3,(H,36,44)(H,38,41). The Labute approximate surface area is 277 Å². The van der Waals surface area contributed by atoms with Gasteiger partial charge in [0.2, 0.25) is 11.8 Å². The maximum Gasteiger partial charge on any atom is 0.410 e. The number of aromatic nitrogens is 1. The Hall–Kier alpha value is -4.48. The molecule has 0 saturated carbocycles. The van der Waals surface area contributed by atoms with E-state index in [1.165, 1.54) is 12.0 Å². The first-order valence-corrected chi connectivity index (χ1v) is 16.3. The number of carbonyl (C=O) groups is 5. The van der Waals surface area contributed by atoms with Crippen LogP contribution in [0.2, 0.25) is 0 Å². The highest BCUT2D eigenvalue weighted by Crippen LogP contribution is 2.26. The minimum Gasteiger partial charge on any atom is -0.469 e. The summed E-state index contributed by atoms with van der Waals surface area (Å²) < 4.78 is 10.3. The number of amides is 4. The zero-order valence-electron chi connectivity index (χ0n) is 28.5. The Bertz CT molecular complexity index is 1420. The Morgan fingerprint density at radius 1 is 1.09 bits per heavy atom. The minimum absolute atomic E-state index is 0.0102. The third-order valence-corrected chi connectivity index (χ3v) is 7.84. The Balaban J connectivity index is 1.81. The number of anilines is 1. The van der Waals surface area contributed by atoms with Crippen molar-refractivity contribution in [3.8, 4) is 11.1 Å². The van der Waals surface area contributed by atoms with Crippen molar-refractivity contribution in [3.05, 3.63) is 47.8 Å². The van der Waals surface area contributed by atoms with Crippen molar-refractivity contribution in [3.63, 3.8) is 0 Å². The van der Waals surface area contributed by atoms with Gasteiger partial charge in [0.1, 0.15) is 12.1 Å². The van der Waals surface area contributed by atoms with Crippen molar-refractivity contribution in [2.24, 2.45) is 5.92 Å². The largest absolute Gasteiger partial charge is 0.469 e. The van der Waals surface area contributed by atoms with Crippen LogP contribution in [0.3, 0.4) is 0 Å². The molecule has 12 heteroatoms. The van der Waals surface area contributed by atoms with Crippen LogP contribution in [-0.4, -0.2) is 90.5 Å². The summed E-state index contributed by atoms with van der Waals surface area (Å²) in [6.07, 6.45) is 5.08. The average molecular weight is 652 g/mol. The number of ether oxygens (including phenoxy) is 2. The molecule has 256 valence electrons. The van der Waals surface area contributed by atoms with Gasteiger partial charge >= 0.3 is 12.1 Å². The number of unbranched alkanes of at least 4 members (excludes halogenated alkanes) is 2. The average Bonchev–Trinajstić information content (AvgIpc) is 3.03. The summed E-state index contributed by atoms with van der Waals surface area (Å²) in [4.78, 5) is 71.2. The first-order chi connectivity index (χ1) is 22.3. The lowest BCUT2D eigenvalue weighted by molar-refractivity contribution is -0.140. The molecule has 47 heavy (non-hydrogen) atoms. The topological polar surface area (TPSA) is 147 Å². The Kier molecular flexibility index (Phi) is 13.7. The zero-order valence-corrected chi connectivity index (χ0v) is 28.5. The molecule has 12 nitrogen and oxygen atoms in total. The molecular formula is C35H49N5O7. The van der Waals surface area contributed by atoms with Crippen LogP contribution in [0, 0.1) is 5.92 Å². The number of esters is 1. The number of aryl methyl sites for hydroxylation is 1. The quantitative estimate of drug-likeness (QED) is 0.218. The van der Waals surface area contributed by atoms with Gasteiger partial charge in [-0.15, -0.1) is 0 Å². The van der Waals surface area contributed by atoms with E-state index in [1.54, 1.807) is 45.0 Å². The van der Waals surface area contributed by atoms with Gasteiger partial charge in [-0.2, -0.15) is 0 Å². The molecule has 1 atom stereocenters. The van der Waals surface area contributed by atoms with Crippen LogP contribution < -0.4 is 10.6 Å². The van der Waals surface area contributed by atoms with E-state index in [0.29, 0.717) is 44.3 Å². The van der Waals surface area contributed by atoms with Gasteiger partial charge in [-0.3, -0.25) is 24.1 Å². The molecule has 1 saturated heterocycles. The van der Waals surface area contributed by atoms with E-state index in [9.17, 15) is 24.0 Å². The Morgan fingerprint density at radius 2 is 1.85 bits per heavy atom. The van der Waals surface area contributed by atoms with E-state index in [-0.39, 0.29) is 48.7 Å². The van der Waals surface area contributed by atoms with E-state index >= 15 is 0 Å². The maximum absolute atomic E-state index is 13.6. The Morgan fingerprint density at radius 3 is 2.53 bits per heavy atom. The summed E-state index contributed by atoms with van der Waals surface area (Å²) in [5.74, 6) is -1.40. The molecule has 0 aliphatic carbocycles. The van der Waals surface area contributed by atoms with Gasteiger partial charge in [0.25, 0.3) is 5.91 Å². The van der Waals surface area contributed by atoms with Gasteiger partial charge < -0.3 is 25.0 Å². The summed E-state index contributed by atoms with van der Waals surface area (Å²) in [6.45, 7) is 8.06. The first-order valence-electron chi connectivity index (χ1n) is 16.3. The first kappa shape index (κ1) is 37.0. The second-order valence-electron chi connectivity index (χ2n) is 12.9. The van der Waals surface area contributed by atoms with Gasteiger partial charge in [0.05, 0.1) is 12.8 Å². The number of nitrogens with zero attached hydrogens (tertiary/aromatic N) is 3. The zero-order chi connectivity index (χ0) is 34.6. The van der Waals surface area contributed by atoms with E-state index in [0.717, 1.165) is 24.0 Å². The van der Waals surface area contributed by atoms with Crippen molar-refractivity contribution in [1.29, 1.82) is 0 Å². The number of hydrogen-bond donors (Lipinski definition) is 2. The number of hydrogen-bond acceptors (Lipinski definition) is 8. The monoisotopic (exact) mass is 651 g/mol. The highest BCUT2D eigenvalue weighted by atomic mass is 16.6. The lowest BCUT2D eigenvalue weighted by Crippen LogP contribution is -2.46. The molecule has 0 spiro atoms. The molecule has 0 bridgehead atoms. The number of rotatable bonds is 14. The minimum atomic E-state index is -0.787. The molecule has 1 fully saturated rings. The van der Waals surface area contributed by atoms with E-state index in [4.69, 9.17) is 4.74 Å². The van der Waals surface area contributed by atoms with Crippen LogP contribution in [0.1, 0.15) is 82.3 Å². The van der Waals surface area contributed by atoms with Gasteiger partial charge in [-0.05, 0) is 69.6 Å². The lowest BCUT2D eigenvalue weighted by atomic mass is 9.96. The number of pyridine rings is 1. The third-order valence-electron chi connectivity index (χ3n) is 7.84. The molecule has 2 aromatic rings.